The van der Waals surface area contributed by atoms with E-state index in [1.54, 1.807) is 0 Å². The van der Waals surface area contributed by atoms with Crippen molar-refractivity contribution >= 4 is 28.1 Å². The monoisotopic (exact) mass is 335 g/mol. The zero-order chi connectivity index (χ0) is 15.0. The predicted molar refractivity (Wildman–Crippen MR) is 81.0 cm³/mol. The van der Waals surface area contributed by atoms with Gasteiger partial charge in [-0.1, -0.05) is 12.1 Å². The van der Waals surface area contributed by atoms with Crippen molar-refractivity contribution in [3.05, 3.63) is 33.9 Å². The Bertz CT molecular complexity index is 644. The molecule has 1 aromatic carbocycles. The Labute approximate surface area is 129 Å². The zero-order valence-corrected chi connectivity index (χ0v) is 13.2. The Morgan fingerprint density at radius 3 is 2.52 bits per heavy atom. The molecule has 0 heterocycles. The van der Waals surface area contributed by atoms with E-state index >= 15 is 0 Å². The summed E-state index contributed by atoms with van der Waals surface area (Å²) in [6.45, 7) is 1.63. The fourth-order valence-electron chi connectivity index (χ4n) is 2.25. The highest BCUT2D eigenvalue weighted by Crippen LogP contribution is 2.30. The van der Waals surface area contributed by atoms with E-state index in [1.165, 1.54) is 25.1 Å². The summed E-state index contributed by atoms with van der Waals surface area (Å²) in [6, 6.07) is 4.18. The minimum atomic E-state index is -3.95. The number of benzene rings is 1. The molecule has 0 radical (unpaired) electrons. The van der Waals surface area contributed by atoms with E-state index in [4.69, 9.17) is 5.73 Å². The minimum Gasteiger partial charge on any atom is -0.324 e. The van der Waals surface area contributed by atoms with E-state index in [-0.39, 0.29) is 23.8 Å². The van der Waals surface area contributed by atoms with Crippen molar-refractivity contribution in [2.75, 3.05) is 6.54 Å². The van der Waals surface area contributed by atoms with Crippen LogP contribution in [0.15, 0.2) is 23.1 Å². The Balaban J connectivity index is 0.00000220. The predicted octanol–water partition coefficient (Wildman–Crippen LogP) is 1.48. The number of nitrogens with two attached hydrogens (primary N) is 1. The van der Waals surface area contributed by atoms with Crippen LogP contribution in [-0.2, 0) is 10.0 Å². The maximum absolute atomic E-state index is 12.3. The first-order valence-electron chi connectivity index (χ1n) is 6.28. The van der Waals surface area contributed by atoms with Crippen LogP contribution in [0.25, 0.3) is 0 Å². The third-order valence-corrected chi connectivity index (χ3v) is 5.21. The van der Waals surface area contributed by atoms with Crippen molar-refractivity contribution in [3.63, 3.8) is 0 Å². The summed E-state index contributed by atoms with van der Waals surface area (Å²) in [7, 11) is -3.95. The van der Waals surface area contributed by atoms with E-state index < -0.39 is 26.2 Å². The second-order valence-corrected chi connectivity index (χ2v) is 6.92. The van der Waals surface area contributed by atoms with Crippen LogP contribution in [0.4, 0.5) is 5.69 Å². The van der Waals surface area contributed by atoms with Gasteiger partial charge in [0.05, 0.1) is 4.92 Å². The molecule has 0 aliphatic heterocycles. The van der Waals surface area contributed by atoms with Crippen molar-refractivity contribution in [1.29, 1.82) is 0 Å². The van der Waals surface area contributed by atoms with Gasteiger partial charge in [0, 0.05) is 18.2 Å². The lowest BCUT2D eigenvalue weighted by atomic mass is 9.78. The van der Waals surface area contributed by atoms with Gasteiger partial charge in [-0.3, -0.25) is 10.1 Å². The van der Waals surface area contributed by atoms with Crippen LogP contribution in [0.3, 0.4) is 0 Å². The molecule has 0 bridgehead atoms. The molecule has 0 spiro atoms. The number of nitro benzene ring substituents is 1. The normalized spacial score (nSPS) is 16.7. The molecule has 2 rings (SSSR count). The number of hydrogen-bond acceptors (Lipinski definition) is 5. The smallest absolute Gasteiger partial charge is 0.289 e. The molecule has 21 heavy (non-hydrogen) atoms. The van der Waals surface area contributed by atoms with Gasteiger partial charge < -0.3 is 5.73 Å². The van der Waals surface area contributed by atoms with Crippen molar-refractivity contribution < 1.29 is 13.3 Å². The standard InChI is InChI=1S/C12H17N3O4S.ClH/c1-9-4-2-5-10(15(16)17)11(9)20(18,19)14-8-12(13)6-3-7-12;/h2,4-5,14H,3,6-8,13H2,1H3;1H. The number of nitrogens with one attached hydrogen (secondary N) is 1. The van der Waals surface area contributed by atoms with Gasteiger partial charge in [0.1, 0.15) is 0 Å². The van der Waals surface area contributed by atoms with Gasteiger partial charge in [-0.15, -0.1) is 12.4 Å². The number of nitrogens with zero attached hydrogens (tertiary/aromatic N) is 1. The number of rotatable bonds is 5. The summed E-state index contributed by atoms with van der Waals surface area (Å²) < 4.78 is 27.0. The van der Waals surface area contributed by atoms with E-state index in [2.05, 4.69) is 4.72 Å². The summed E-state index contributed by atoms with van der Waals surface area (Å²) >= 11 is 0. The van der Waals surface area contributed by atoms with Crippen LogP contribution in [0.1, 0.15) is 24.8 Å². The molecule has 1 saturated carbocycles. The van der Waals surface area contributed by atoms with E-state index in [0.29, 0.717) is 5.56 Å². The Morgan fingerprint density at radius 1 is 1.43 bits per heavy atom. The van der Waals surface area contributed by atoms with E-state index in [9.17, 15) is 18.5 Å². The van der Waals surface area contributed by atoms with E-state index in [1.807, 2.05) is 0 Å². The van der Waals surface area contributed by atoms with Gasteiger partial charge in [-0.25, -0.2) is 13.1 Å². The summed E-state index contributed by atoms with van der Waals surface area (Å²) in [6.07, 6.45) is 2.49. The number of aryl methyl sites for hydroxylation is 1. The van der Waals surface area contributed by atoms with Gasteiger partial charge >= 0.3 is 0 Å². The lowest BCUT2D eigenvalue weighted by Crippen LogP contribution is -2.54. The lowest BCUT2D eigenvalue weighted by Gasteiger charge is -2.38. The molecule has 9 heteroatoms. The Hall–Kier alpha value is -1.22. The number of nitro groups is 1. The highest BCUT2D eigenvalue weighted by atomic mass is 35.5. The average Bonchev–Trinajstić information content (AvgIpc) is 2.33. The first-order valence-corrected chi connectivity index (χ1v) is 7.76. The first kappa shape index (κ1) is 17.8. The van der Waals surface area contributed by atoms with Crippen LogP contribution in [-0.4, -0.2) is 25.4 Å². The van der Waals surface area contributed by atoms with Gasteiger partial charge in [-0.2, -0.15) is 0 Å². The molecular weight excluding hydrogens is 318 g/mol. The molecule has 1 fully saturated rings. The topological polar surface area (TPSA) is 115 Å². The Morgan fingerprint density at radius 2 is 2.05 bits per heavy atom. The molecule has 0 atom stereocenters. The maximum atomic E-state index is 12.3. The molecule has 7 nitrogen and oxygen atoms in total. The quantitative estimate of drug-likeness (QED) is 0.624. The zero-order valence-electron chi connectivity index (χ0n) is 11.5. The molecule has 0 amide bonds. The molecule has 118 valence electrons. The fraction of sp³-hybridized carbons (Fsp3) is 0.500. The minimum absolute atomic E-state index is 0. The summed E-state index contributed by atoms with van der Waals surface area (Å²) in [5, 5.41) is 11.0. The summed E-state index contributed by atoms with van der Waals surface area (Å²) in [5.74, 6) is 0. The number of halogens is 1. The molecular formula is C12H18ClN3O4S. The van der Waals surface area contributed by atoms with Crippen LogP contribution < -0.4 is 10.5 Å². The Kier molecular flexibility index (Phi) is 5.32. The number of hydrogen-bond donors (Lipinski definition) is 2. The average molecular weight is 336 g/mol. The van der Waals surface area contributed by atoms with Crippen LogP contribution in [0, 0.1) is 17.0 Å². The molecule has 0 unspecified atom stereocenters. The molecule has 0 saturated heterocycles. The van der Waals surface area contributed by atoms with E-state index in [0.717, 1.165) is 19.3 Å². The largest absolute Gasteiger partial charge is 0.324 e. The molecule has 1 aromatic rings. The molecule has 3 N–H and O–H groups in total. The van der Waals surface area contributed by atoms with Crippen molar-refractivity contribution in [2.24, 2.45) is 5.73 Å². The third kappa shape index (κ3) is 3.70. The summed E-state index contributed by atoms with van der Waals surface area (Å²) in [4.78, 5) is 10.0. The molecule has 1 aliphatic rings. The molecule has 1 aliphatic carbocycles. The SMILES string of the molecule is Cc1cccc([N+](=O)[O-])c1S(=O)(=O)NCC1(N)CCC1.Cl. The van der Waals surface area contributed by atoms with Crippen LogP contribution >= 0.6 is 12.4 Å². The van der Waals surface area contributed by atoms with Gasteiger partial charge in [0.15, 0.2) is 4.90 Å². The third-order valence-electron chi connectivity index (χ3n) is 3.62. The van der Waals surface area contributed by atoms with Gasteiger partial charge in [-0.05, 0) is 31.7 Å². The van der Waals surface area contributed by atoms with Crippen molar-refractivity contribution in [1.82, 2.24) is 4.72 Å². The van der Waals surface area contributed by atoms with Crippen LogP contribution in [0.5, 0.6) is 0 Å². The van der Waals surface area contributed by atoms with Crippen molar-refractivity contribution in [3.8, 4) is 0 Å². The second-order valence-electron chi connectivity index (χ2n) is 5.22. The van der Waals surface area contributed by atoms with Crippen molar-refractivity contribution in [2.45, 2.75) is 36.6 Å². The fourth-order valence-corrected chi connectivity index (χ4v) is 3.78. The molecule has 0 aromatic heterocycles. The van der Waals surface area contributed by atoms with Gasteiger partial charge in [0.25, 0.3) is 5.69 Å². The highest BCUT2D eigenvalue weighted by molar-refractivity contribution is 7.89. The second kappa shape index (κ2) is 6.27. The maximum Gasteiger partial charge on any atom is 0.289 e. The first-order chi connectivity index (χ1) is 9.25. The summed E-state index contributed by atoms with van der Waals surface area (Å²) in [5.41, 5.74) is 5.36. The van der Waals surface area contributed by atoms with Gasteiger partial charge in [0.2, 0.25) is 10.0 Å². The number of sulfonamides is 1. The lowest BCUT2D eigenvalue weighted by molar-refractivity contribution is -0.387. The highest BCUT2D eigenvalue weighted by Gasteiger charge is 2.35. The van der Waals surface area contributed by atoms with Crippen LogP contribution in [0.2, 0.25) is 0 Å².